The van der Waals surface area contributed by atoms with Crippen molar-refractivity contribution in [2.24, 2.45) is 0 Å². The monoisotopic (exact) mass is 357 g/mol. The van der Waals surface area contributed by atoms with Crippen LogP contribution in [0.3, 0.4) is 0 Å². The Labute approximate surface area is 133 Å². The number of hydrogen-bond donors (Lipinski definition) is 1. The fraction of sp³-hybridized carbons (Fsp3) is 0.533. The molecule has 21 heavy (non-hydrogen) atoms. The van der Waals surface area contributed by atoms with Crippen molar-refractivity contribution in [2.45, 2.75) is 18.9 Å². The van der Waals surface area contributed by atoms with Crippen LogP contribution in [0.1, 0.15) is 23.2 Å². The Morgan fingerprint density at radius 1 is 1.29 bits per heavy atom. The summed E-state index contributed by atoms with van der Waals surface area (Å²) < 4.78 is 16.9. The van der Waals surface area contributed by atoms with E-state index in [1.54, 1.807) is 19.2 Å². The number of carbonyl (C=O) groups excluding carboxylic acids is 1. The second-order valence-corrected chi connectivity index (χ2v) is 5.64. The molecule has 0 unspecified atom stereocenters. The van der Waals surface area contributed by atoms with Gasteiger partial charge in [0.1, 0.15) is 22.6 Å². The molecule has 0 saturated carbocycles. The number of piperidine rings is 1. The predicted molar refractivity (Wildman–Crippen MR) is 83.4 cm³/mol. The standard InChI is InChI=1S/C15H20BrNO4/c1-19-13-4-3-11(15(20-2)14(13)16)12(18)9-21-10-5-7-17-8-6-10/h3-4,10,17H,5-9H2,1-2H3. The van der Waals surface area contributed by atoms with Gasteiger partial charge in [-0.05, 0) is 54.0 Å². The summed E-state index contributed by atoms with van der Waals surface area (Å²) >= 11 is 3.40. The SMILES string of the molecule is COc1ccc(C(=O)COC2CCNCC2)c(OC)c1Br. The van der Waals surface area contributed by atoms with E-state index in [9.17, 15) is 4.79 Å². The van der Waals surface area contributed by atoms with E-state index in [1.165, 1.54) is 7.11 Å². The van der Waals surface area contributed by atoms with Crippen LogP contribution < -0.4 is 14.8 Å². The van der Waals surface area contributed by atoms with E-state index in [1.807, 2.05) is 0 Å². The first-order valence-corrected chi connectivity index (χ1v) is 7.72. The van der Waals surface area contributed by atoms with Crippen LogP contribution in [0.15, 0.2) is 16.6 Å². The van der Waals surface area contributed by atoms with Gasteiger partial charge in [0, 0.05) is 0 Å². The van der Waals surface area contributed by atoms with Crippen molar-refractivity contribution in [3.63, 3.8) is 0 Å². The maximum Gasteiger partial charge on any atom is 0.192 e. The molecular formula is C15H20BrNO4. The molecule has 6 heteroatoms. The lowest BCUT2D eigenvalue weighted by Crippen LogP contribution is -2.33. The van der Waals surface area contributed by atoms with Gasteiger partial charge in [-0.2, -0.15) is 0 Å². The summed E-state index contributed by atoms with van der Waals surface area (Å²) in [6, 6.07) is 3.45. The minimum Gasteiger partial charge on any atom is -0.495 e. The molecule has 1 N–H and O–H groups in total. The summed E-state index contributed by atoms with van der Waals surface area (Å²) in [5.74, 6) is 1.02. The van der Waals surface area contributed by atoms with Gasteiger partial charge in [0.15, 0.2) is 5.78 Å². The van der Waals surface area contributed by atoms with Crippen molar-refractivity contribution in [3.8, 4) is 11.5 Å². The molecular weight excluding hydrogens is 338 g/mol. The van der Waals surface area contributed by atoms with Gasteiger partial charge >= 0.3 is 0 Å². The highest BCUT2D eigenvalue weighted by atomic mass is 79.9. The summed E-state index contributed by atoms with van der Waals surface area (Å²) in [4.78, 5) is 12.3. The van der Waals surface area contributed by atoms with Crippen molar-refractivity contribution in [3.05, 3.63) is 22.2 Å². The highest BCUT2D eigenvalue weighted by molar-refractivity contribution is 9.10. The van der Waals surface area contributed by atoms with Crippen molar-refractivity contribution >= 4 is 21.7 Å². The minimum absolute atomic E-state index is 0.0692. The number of hydrogen-bond acceptors (Lipinski definition) is 5. The smallest absolute Gasteiger partial charge is 0.192 e. The largest absolute Gasteiger partial charge is 0.495 e. The van der Waals surface area contributed by atoms with E-state index in [0.29, 0.717) is 21.5 Å². The number of rotatable bonds is 6. The summed E-state index contributed by atoms with van der Waals surface area (Å²) in [6.07, 6.45) is 2.04. The first-order chi connectivity index (χ1) is 10.2. The van der Waals surface area contributed by atoms with Crippen molar-refractivity contribution < 1.29 is 19.0 Å². The Bertz CT molecular complexity index is 501. The Morgan fingerprint density at radius 3 is 2.62 bits per heavy atom. The molecule has 1 aromatic carbocycles. The average Bonchev–Trinajstić information content (AvgIpc) is 2.53. The zero-order chi connectivity index (χ0) is 15.2. The van der Waals surface area contributed by atoms with E-state index in [4.69, 9.17) is 14.2 Å². The number of nitrogens with one attached hydrogen (secondary N) is 1. The lowest BCUT2D eigenvalue weighted by molar-refractivity contribution is 0.0316. The predicted octanol–water partition coefficient (Wildman–Crippen LogP) is 2.42. The number of methoxy groups -OCH3 is 2. The fourth-order valence-corrected chi connectivity index (χ4v) is 3.02. The zero-order valence-electron chi connectivity index (χ0n) is 12.3. The molecule has 1 fully saturated rings. The Balaban J connectivity index is 2.06. The summed E-state index contributed by atoms with van der Waals surface area (Å²) in [6.45, 7) is 1.95. The molecule has 1 heterocycles. The topological polar surface area (TPSA) is 56.8 Å². The van der Waals surface area contributed by atoms with Crippen LogP contribution in [-0.2, 0) is 4.74 Å². The van der Waals surface area contributed by atoms with Crippen LogP contribution in [0.5, 0.6) is 11.5 Å². The molecule has 0 atom stereocenters. The Hall–Kier alpha value is -1.11. The van der Waals surface area contributed by atoms with E-state index in [-0.39, 0.29) is 18.5 Å². The molecule has 1 aliphatic heterocycles. The molecule has 5 nitrogen and oxygen atoms in total. The maximum atomic E-state index is 12.3. The summed E-state index contributed by atoms with van der Waals surface area (Å²) in [5, 5.41) is 3.27. The van der Waals surface area contributed by atoms with E-state index in [0.717, 1.165) is 25.9 Å². The van der Waals surface area contributed by atoms with Gasteiger partial charge in [-0.25, -0.2) is 0 Å². The number of ketones is 1. The molecule has 0 radical (unpaired) electrons. The Kier molecular flexibility index (Phi) is 6.02. The first-order valence-electron chi connectivity index (χ1n) is 6.93. The van der Waals surface area contributed by atoms with Gasteiger partial charge < -0.3 is 19.5 Å². The highest BCUT2D eigenvalue weighted by Crippen LogP contribution is 2.37. The number of ether oxygens (including phenoxy) is 3. The molecule has 1 aliphatic rings. The Morgan fingerprint density at radius 2 is 2.00 bits per heavy atom. The summed E-state index contributed by atoms with van der Waals surface area (Å²) in [5.41, 5.74) is 0.499. The quantitative estimate of drug-likeness (QED) is 0.792. The van der Waals surface area contributed by atoms with Crippen LogP contribution in [0.25, 0.3) is 0 Å². The van der Waals surface area contributed by atoms with Crippen LogP contribution in [0.2, 0.25) is 0 Å². The molecule has 0 spiro atoms. The zero-order valence-corrected chi connectivity index (χ0v) is 13.9. The molecule has 116 valence electrons. The molecule has 0 amide bonds. The second-order valence-electron chi connectivity index (χ2n) is 4.85. The van der Waals surface area contributed by atoms with Crippen LogP contribution in [0, 0.1) is 0 Å². The van der Waals surface area contributed by atoms with Crippen LogP contribution >= 0.6 is 15.9 Å². The lowest BCUT2D eigenvalue weighted by Gasteiger charge is -2.22. The van der Waals surface area contributed by atoms with Gasteiger partial charge in [0.25, 0.3) is 0 Å². The van der Waals surface area contributed by atoms with Crippen LogP contribution in [-0.4, -0.2) is 45.8 Å². The normalized spacial score (nSPS) is 15.8. The fourth-order valence-electron chi connectivity index (χ4n) is 2.35. The van der Waals surface area contributed by atoms with E-state index >= 15 is 0 Å². The number of benzene rings is 1. The third-order valence-corrected chi connectivity index (χ3v) is 4.27. The summed E-state index contributed by atoms with van der Waals surface area (Å²) in [7, 11) is 3.10. The second kappa shape index (κ2) is 7.77. The minimum atomic E-state index is -0.0891. The molecule has 1 aromatic rings. The molecule has 0 aromatic heterocycles. The van der Waals surface area contributed by atoms with Crippen LogP contribution in [0.4, 0.5) is 0 Å². The van der Waals surface area contributed by atoms with Gasteiger partial charge in [0.2, 0.25) is 0 Å². The lowest BCUT2D eigenvalue weighted by atomic mass is 10.1. The first kappa shape index (κ1) is 16.3. The molecule has 1 saturated heterocycles. The molecule has 0 bridgehead atoms. The average molecular weight is 358 g/mol. The van der Waals surface area contributed by atoms with Crippen molar-refractivity contribution in [2.75, 3.05) is 33.9 Å². The van der Waals surface area contributed by atoms with Gasteiger partial charge in [-0.1, -0.05) is 0 Å². The number of halogens is 1. The number of carbonyl (C=O) groups is 1. The number of Topliss-reactive ketones (excluding diaryl/α,β-unsaturated/α-hetero) is 1. The molecule has 0 aliphatic carbocycles. The molecule has 2 rings (SSSR count). The van der Waals surface area contributed by atoms with Gasteiger partial charge in [0.05, 0.1) is 25.9 Å². The van der Waals surface area contributed by atoms with Crippen molar-refractivity contribution in [1.82, 2.24) is 5.32 Å². The van der Waals surface area contributed by atoms with E-state index < -0.39 is 0 Å². The van der Waals surface area contributed by atoms with Crippen molar-refractivity contribution in [1.29, 1.82) is 0 Å². The highest BCUT2D eigenvalue weighted by Gasteiger charge is 2.20. The van der Waals surface area contributed by atoms with E-state index in [2.05, 4.69) is 21.2 Å². The maximum absolute atomic E-state index is 12.3. The van der Waals surface area contributed by atoms with Gasteiger partial charge in [-0.3, -0.25) is 4.79 Å². The third kappa shape index (κ3) is 3.96. The van der Waals surface area contributed by atoms with Gasteiger partial charge in [-0.15, -0.1) is 0 Å². The third-order valence-electron chi connectivity index (χ3n) is 3.52.